The van der Waals surface area contributed by atoms with Crippen molar-refractivity contribution in [2.45, 2.75) is 27.2 Å². The maximum Gasteiger partial charge on any atom is 0.290 e. The molecule has 0 bridgehead atoms. The highest BCUT2D eigenvalue weighted by atomic mass is 16.5. The highest BCUT2D eigenvalue weighted by Gasteiger charge is 2.18. The first-order valence-electron chi connectivity index (χ1n) is 9.18. The van der Waals surface area contributed by atoms with Crippen LogP contribution in [0.4, 0.5) is 0 Å². The van der Waals surface area contributed by atoms with Gasteiger partial charge in [0, 0.05) is 12.1 Å². The third kappa shape index (κ3) is 4.34. The van der Waals surface area contributed by atoms with E-state index in [4.69, 9.17) is 4.74 Å². The van der Waals surface area contributed by atoms with Crippen molar-refractivity contribution >= 4 is 5.91 Å². The number of carbonyl (C=O) groups excluding carboxylic acids is 1. The van der Waals surface area contributed by atoms with Gasteiger partial charge in [0.2, 0.25) is 5.82 Å². The molecule has 1 N–H and O–H groups in total. The van der Waals surface area contributed by atoms with E-state index < -0.39 is 0 Å². The second-order valence-corrected chi connectivity index (χ2v) is 6.22. The highest BCUT2D eigenvalue weighted by molar-refractivity contribution is 5.91. The van der Waals surface area contributed by atoms with E-state index in [0.29, 0.717) is 19.0 Å². The molecule has 0 unspecified atom stereocenters. The van der Waals surface area contributed by atoms with Gasteiger partial charge in [0.05, 0.1) is 12.3 Å². The van der Waals surface area contributed by atoms with Crippen LogP contribution >= 0.6 is 0 Å². The van der Waals surface area contributed by atoms with Gasteiger partial charge in [-0.2, -0.15) is 0 Å². The van der Waals surface area contributed by atoms with Crippen LogP contribution in [-0.4, -0.2) is 33.8 Å². The molecule has 0 atom stereocenters. The van der Waals surface area contributed by atoms with Gasteiger partial charge in [-0.1, -0.05) is 36.8 Å². The Morgan fingerprint density at radius 2 is 1.78 bits per heavy atom. The fourth-order valence-electron chi connectivity index (χ4n) is 2.65. The summed E-state index contributed by atoms with van der Waals surface area (Å²) in [5.41, 5.74) is 2.87. The van der Waals surface area contributed by atoms with Gasteiger partial charge in [0.15, 0.2) is 5.82 Å². The zero-order chi connectivity index (χ0) is 19.2. The summed E-state index contributed by atoms with van der Waals surface area (Å²) in [6, 6.07) is 15.6. The Morgan fingerprint density at radius 3 is 2.41 bits per heavy atom. The van der Waals surface area contributed by atoms with Crippen molar-refractivity contribution in [1.82, 2.24) is 20.1 Å². The molecule has 6 nitrogen and oxygen atoms in total. The lowest BCUT2D eigenvalue weighted by atomic mass is 10.1. The van der Waals surface area contributed by atoms with E-state index in [-0.39, 0.29) is 11.7 Å². The van der Waals surface area contributed by atoms with Crippen molar-refractivity contribution < 1.29 is 9.53 Å². The number of aromatic nitrogens is 3. The first-order valence-corrected chi connectivity index (χ1v) is 9.18. The number of benzene rings is 2. The standard InChI is InChI=1S/C21H24N4O2/c1-4-14-22-21(26)19-23-20(16-8-6-15(3)7-9-16)25(24-19)17-10-12-18(13-11-17)27-5-2/h6-13H,4-5,14H2,1-3H3,(H,22,26). The first-order chi connectivity index (χ1) is 13.1. The van der Waals surface area contributed by atoms with Gasteiger partial charge in [0.25, 0.3) is 5.91 Å². The molecule has 3 rings (SSSR count). The van der Waals surface area contributed by atoms with E-state index in [9.17, 15) is 4.79 Å². The Bertz CT molecular complexity index is 899. The molecular formula is C21H24N4O2. The van der Waals surface area contributed by atoms with Crippen LogP contribution in [-0.2, 0) is 0 Å². The van der Waals surface area contributed by atoms with Crippen LogP contribution in [0, 0.1) is 6.92 Å². The van der Waals surface area contributed by atoms with Crippen LogP contribution in [0.25, 0.3) is 17.1 Å². The molecule has 0 spiro atoms. The van der Waals surface area contributed by atoms with E-state index in [1.54, 1.807) is 4.68 Å². The molecule has 0 radical (unpaired) electrons. The number of rotatable bonds is 7. The predicted molar refractivity (Wildman–Crippen MR) is 105 cm³/mol. The maximum atomic E-state index is 12.4. The fraction of sp³-hybridized carbons (Fsp3) is 0.286. The third-order valence-electron chi connectivity index (χ3n) is 4.05. The van der Waals surface area contributed by atoms with Gasteiger partial charge >= 0.3 is 0 Å². The Labute approximate surface area is 159 Å². The molecule has 1 heterocycles. The summed E-state index contributed by atoms with van der Waals surface area (Å²) in [6.07, 6.45) is 0.857. The van der Waals surface area contributed by atoms with E-state index in [1.165, 1.54) is 0 Å². The molecule has 0 saturated carbocycles. The second kappa shape index (κ2) is 8.49. The zero-order valence-corrected chi connectivity index (χ0v) is 15.9. The fourth-order valence-corrected chi connectivity index (χ4v) is 2.65. The number of aryl methyl sites for hydroxylation is 1. The zero-order valence-electron chi connectivity index (χ0n) is 15.9. The summed E-state index contributed by atoms with van der Waals surface area (Å²) < 4.78 is 7.20. The largest absolute Gasteiger partial charge is 0.494 e. The lowest BCUT2D eigenvalue weighted by molar-refractivity contribution is 0.0943. The van der Waals surface area contributed by atoms with Gasteiger partial charge in [-0.05, 0) is 44.5 Å². The van der Waals surface area contributed by atoms with Crippen LogP contribution < -0.4 is 10.1 Å². The Kier molecular flexibility index (Phi) is 5.86. The summed E-state index contributed by atoms with van der Waals surface area (Å²) in [6.45, 7) is 7.19. The van der Waals surface area contributed by atoms with E-state index in [2.05, 4.69) is 15.4 Å². The molecule has 0 saturated heterocycles. The molecule has 0 aliphatic heterocycles. The first kappa shape index (κ1) is 18.6. The van der Waals surface area contributed by atoms with Crippen molar-refractivity contribution in [1.29, 1.82) is 0 Å². The van der Waals surface area contributed by atoms with E-state index in [0.717, 1.165) is 29.0 Å². The van der Waals surface area contributed by atoms with Crippen molar-refractivity contribution in [2.75, 3.05) is 13.2 Å². The molecule has 1 aromatic heterocycles. The molecule has 27 heavy (non-hydrogen) atoms. The summed E-state index contributed by atoms with van der Waals surface area (Å²) in [5, 5.41) is 7.29. The van der Waals surface area contributed by atoms with E-state index in [1.807, 2.05) is 69.3 Å². The smallest absolute Gasteiger partial charge is 0.290 e. The van der Waals surface area contributed by atoms with Crippen molar-refractivity contribution in [3.63, 3.8) is 0 Å². The maximum absolute atomic E-state index is 12.4. The highest BCUT2D eigenvalue weighted by Crippen LogP contribution is 2.23. The van der Waals surface area contributed by atoms with Gasteiger partial charge in [-0.3, -0.25) is 4.79 Å². The van der Waals surface area contributed by atoms with E-state index >= 15 is 0 Å². The van der Waals surface area contributed by atoms with Crippen molar-refractivity contribution in [2.24, 2.45) is 0 Å². The van der Waals surface area contributed by atoms with Crippen LogP contribution in [0.15, 0.2) is 48.5 Å². The predicted octanol–water partition coefficient (Wildman–Crippen LogP) is 3.78. The summed E-state index contributed by atoms with van der Waals surface area (Å²) in [4.78, 5) is 16.9. The summed E-state index contributed by atoms with van der Waals surface area (Å²) >= 11 is 0. The van der Waals surface area contributed by atoms with Gasteiger partial charge in [-0.25, -0.2) is 9.67 Å². The van der Waals surface area contributed by atoms with Gasteiger partial charge in [0.1, 0.15) is 5.75 Å². The minimum Gasteiger partial charge on any atom is -0.494 e. The molecule has 2 aromatic carbocycles. The average Bonchev–Trinajstić information content (AvgIpc) is 3.13. The number of hydrogen-bond acceptors (Lipinski definition) is 4. The molecule has 0 aliphatic carbocycles. The number of hydrogen-bond donors (Lipinski definition) is 1. The minimum atomic E-state index is -0.269. The molecule has 1 amide bonds. The molecule has 6 heteroatoms. The monoisotopic (exact) mass is 364 g/mol. The lowest BCUT2D eigenvalue weighted by Crippen LogP contribution is -2.25. The quantitative estimate of drug-likeness (QED) is 0.693. The number of nitrogens with zero attached hydrogens (tertiary/aromatic N) is 3. The number of nitrogens with one attached hydrogen (secondary N) is 1. The minimum absolute atomic E-state index is 0.160. The Balaban J connectivity index is 2.02. The number of carbonyl (C=O) groups is 1. The SMILES string of the molecule is CCCNC(=O)c1nc(-c2ccc(C)cc2)n(-c2ccc(OCC)cc2)n1. The van der Waals surface area contributed by atoms with Crippen molar-refractivity contribution in [3.8, 4) is 22.8 Å². The molecule has 140 valence electrons. The third-order valence-corrected chi connectivity index (χ3v) is 4.05. The summed E-state index contributed by atoms with van der Waals surface area (Å²) in [5.74, 6) is 1.31. The van der Waals surface area contributed by atoms with Crippen LogP contribution in [0.2, 0.25) is 0 Å². The van der Waals surface area contributed by atoms with Crippen LogP contribution in [0.3, 0.4) is 0 Å². The van der Waals surface area contributed by atoms with Crippen LogP contribution in [0.5, 0.6) is 5.75 Å². The van der Waals surface area contributed by atoms with Crippen LogP contribution in [0.1, 0.15) is 36.5 Å². The molecule has 3 aromatic rings. The van der Waals surface area contributed by atoms with Gasteiger partial charge in [-0.15, -0.1) is 5.10 Å². The molecule has 0 fully saturated rings. The molecule has 0 aliphatic rings. The second-order valence-electron chi connectivity index (χ2n) is 6.22. The lowest BCUT2D eigenvalue weighted by Gasteiger charge is -2.08. The molecular weight excluding hydrogens is 340 g/mol. The summed E-state index contributed by atoms with van der Waals surface area (Å²) in [7, 11) is 0. The van der Waals surface area contributed by atoms with Crippen molar-refractivity contribution in [3.05, 3.63) is 59.9 Å². The number of ether oxygens (including phenoxy) is 1. The van der Waals surface area contributed by atoms with Gasteiger partial charge < -0.3 is 10.1 Å². The Morgan fingerprint density at radius 1 is 1.07 bits per heavy atom. The number of amides is 1. The average molecular weight is 364 g/mol. The topological polar surface area (TPSA) is 69.0 Å². The Hall–Kier alpha value is -3.15. The normalized spacial score (nSPS) is 10.6.